The normalized spacial score (nSPS) is 14.8. The van der Waals surface area contributed by atoms with Crippen molar-refractivity contribution in [3.05, 3.63) is 86.4 Å². The van der Waals surface area contributed by atoms with E-state index in [0.717, 1.165) is 0 Å². The molecule has 3 heterocycles. The van der Waals surface area contributed by atoms with E-state index in [1.807, 2.05) is 13.0 Å². The van der Waals surface area contributed by atoms with Gasteiger partial charge in [0.15, 0.2) is 16.9 Å². The second-order valence-corrected chi connectivity index (χ2v) is 8.42. The average molecular weight is 493 g/mol. The zero-order chi connectivity index (χ0) is 24.9. The van der Waals surface area contributed by atoms with Crippen molar-refractivity contribution in [2.75, 3.05) is 26.2 Å². The van der Waals surface area contributed by atoms with E-state index in [2.05, 4.69) is 4.98 Å². The zero-order valence-corrected chi connectivity index (χ0v) is 20.2. The van der Waals surface area contributed by atoms with Gasteiger partial charge < -0.3 is 18.6 Å². The highest BCUT2D eigenvalue weighted by Crippen LogP contribution is 2.46. The second-order valence-electron chi connectivity index (χ2n) is 7.99. The molecule has 35 heavy (non-hydrogen) atoms. The summed E-state index contributed by atoms with van der Waals surface area (Å²) >= 11 is 6.16. The van der Waals surface area contributed by atoms with Gasteiger partial charge in [0.25, 0.3) is 5.91 Å². The number of benzene rings is 2. The molecule has 0 N–H and O–H groups in total. The van der Waals surface area contributed by atoms with Gasteiger partial charge in [-0.2, -0.15) is 0 Å². The number of pyridine rings is 1. The molecular weight excluding hydrogens is 472 g/mol. The van der Waals surface area contributed by atoms with Crippen molar-refractivity contribution in [2.24, 2.45) is 0 Å². The van der Waals surface area contributed by atoms with Crippen LogP contribution in [0.3, 0.4) is 0 Å². The van der Waals surface area contributed by atoms with E-state index in [1.165, 1.54) is 32.3 Å². The Morgan fingerprint density at radius 1 is 0.971 bits per heavy atom. The number of anilines is 1. The van der Waals surface area contributed by atoms with E-state index in [-0.39, 0.29) is 27.7 Å². The molecule has 0 fully saturated rings. The highest BCUT2D eigenvalue weighted by Gasteiger charge is 2.45. The van der Waals surface area contributed by atoms with Crippen molar-refractivity contribution >= 4 is 34.3 Å². The molecule has 2 aromatic heterocycles. The largest absolute Gasteiger partial charge is 0.493 e. The van der Waals surface area contributed by atoms with E-state index < -0.39 is 11.9 Å². The molecule has 0 aliphatic carbocycles. The van der Waals surface area contributed by atoms with E-state index in [1.54, 1.807) is 36.4 Å². The number of carbonyl (C=O) groups excluding carboxylic acids is 1. The van der Waals surface area contributed by atoms with Gasteiger partial charge in [0, 0.05) is 10.7 Å². The zero-order valence-electron chi connectivity index (χ0n) is 19.4. The number of methoxy groups -OCH3 is 3. The monoisotopic (exact) mass is 492 g/mol. The van der Waals surface area contributed by atoms with Crippen LogP contribution in [-0.4, -0.2) is 32.2 Å². The number of aromatic nitrogens is 1. The summed E-state index contributed by atoms with van der Waals surface area (Å²) in [5.74, 6) is 1.00. The Morgan fingerprint density at radius 3 is 2.31 bits per heavy atom. The molecule has 0 spiro atoms. The van der Waals surface area contributed by atoms with E-state index in [4.69, 9.17) is 30.2 Å². The number of fused-ring (bicyclic) bond motifs is 2. The molecule has 1 aliphatic rings. The maximum Gasteiger partial charge on any atom is 0.296 e. The lowest BCUT2D eigenvalue weighted by molar-refractivity contribution is 0.0970. The first kappa shape index (κ1) is 22.7. The number of hydrogen-bond donors (Lipinski definition) is 0. The highest BCUT2D eigenvalue weighted by atomic mass is 35.5. The fraction of sp³-hybridized carbons (Fsp3) is 0.192. The molecule has 0 bridgehead atoms. The molecule has 8 nitrogen and oxygen atoms in total. The number of hydrogen-bond acceptors (Lipinski definition) is 7. The van der Waals surface area contributed by atoms with Crippen molar-refractivity contribution in [1.82, 2.24) is 4.98 Å². The van der Waals surface area contributed by atoms with Gasteiger partial charge in [-0.1, -0.05) is 17.7 Å². The lowest BCUT2D eigenvalue weighted by Gasteiger charge is -2.25. The van der Waals surface area contributed by atoms with Gasteiger partial charge in [-0.25, -0.2) is 4.98 Å². The lowest BCUT2D eigenvalue weighted by Crippen LogP contribution is -2.30. The summed E-state index contributed by atoms with van der Waals surface area (Å²) in [6.45, 7) is 1.82. The average Bonchev–Trinajstić information content (AvgIpc) is 3.16. The Morgan fingerprint density at radius 2 is 1.69 bits per heavy atom. The third-order valence-corrected chi connectivity index (χ3v) is 6.19. The summed E-state index contributed by atoms with van der Waals surface area (Å²) < 4.78 is 22.5. The minimum atomic E-state index is -0.861. The Hall–Kier alpha value is -4.04. The lowest BCUT2D eigenvalue weighted by atomic mass is 9.97. The minimum absolute atomic E-state index is 0.0492. The molecule has 1 atom stereocenters. The molecule has 0 radical (unpaired) electrons. The Balaban J connectivity index is 1.85. The maximum atomic E-state index is 13.8. The first-order valence-corrected chi connectivity index (χ1v) is 11.1. The van der Waals surface area contributed by atoms with Gasteiger partial charge in [0.1, 0.15) is 11.4 Å². The summed E-state index contributed by atoms with van der Waals surface area (Å²) in [7, 11) is 4.50. The Kier molecular flexibility index (Phi) is 5.61. The minimum Gasteiger partial charge on any atom is -0.493 e. The summed E-state index contributed by atoms with van der Waals surface area (Å²) in [5, 5.41) is 0.663. The predicted molar refractivity (Wildman–Crippen MR) is 131 cm³/mol. The van der Waals surface area contributed by atoms with Gasteiger partial charge in [0.05, 0.1) is 38.3 Å². The van der Waals surface area contributed by atoms with Crippen LogP contribution in [0, 0.1) is 6.92 Å². The number of ether oxygens (including phenoxy) is 3. The summed E-state index contributed by atoms with van der Waals surface area (Å²) in [4.78, 5) is 33.5. The molecule has 1 amide bonds. The molecule has 0 saturated heterocycles. The molecule has 0 unspecified atom stereocenters. The van der Waals surface area contributed by atoms with Crippen LogP contribution < -0.4 is 24.5 Å². The van der Waals surface area contributed by atoms with Gasteiger partial charge >= 0.3 is 0 Å². The van der Waals surface area contributed by atoms with Crippen molar-refractivity contribution in [1.29, 1.82) is 0 Å². The Bertz CT molecular complexity index is 1520. The highest BCUT2D eigenvalue weighted by molar-refractivity contribution is 6.31. The van der Waals surface area contributed by atoms with Crippen LogP contribution >= 0.6 is 11.6 Å². The SMILES string of the molecule is COc1cc([C@H]2c3c(oc4ccc(Cl)cc4c3=O)C(=O)N2c2cccc(C)n2)cc(OC)c1OC. The smallest absolute Gasteiger partial charge is 0.296 e. The van der Waals surface area contributed by atoms with E-state index in [0.29, 0.717) is 39.3 Å². The van der Waals surface area contributed by atoms with Crippen LogP contribution in [0.15, 0.2) is 57.7 Å². The molecule has 0 saturated carbocycles. The van der Waals surface area contributed by atoms with Crippen LogP contribution in [0.2, 0.25) is 5.02 Å². The molecule has 4 aromatic rings. The van der Waals surface area contributed by atoms with Gasteiger partial charge in [-0.15, -0.1) is 0 Å². The van der Waals surface area contributed by atoms with Crippen molar-refractivity contribution in [3.8, 4) is 17.2 Å². The molecule has 178 valence electrons. The summed E-state index contributed by atoms with van der Waals surface area (Å²) in [6.07, 6.45) is 0. The fourth-order valence-corrected chi connectivity index (χ4v) is 4.59. The first-order chi connectivity index (χ1) is 16.9. The number of halogens is 1. The van der Waals surface area contributed by atoms with Crippen molar-refractivity contribution in [3.63, 3.8) is 0 Å². The van der Waals surface area contributed by atoms with Gasteiger partial charge in [-0.3, -0.25) is 14.5 Å². The van der Waals surface area contributed by atoms with Crippen LogP contribution in [0.25, 0.3) is 11.0 Å². The van der Waals surface area contributed by atoms with E-state index >= 15 is 0 Å². The standard InChI is InChI=1S/C26H21ClN2O6/c1-13-6-5-7-20(28-13)29-22(14-10-18(32-2)24(34-4)19(11-14)33-3)21-23(30)16-12-15(27)8-9-17(16)35-25(21)26(29)31/h5-12,22H,1-4H3/t22-/m0/s1. The molecule has 9 heteroatoms. The van der Waals surface area contributed by atoms with Gasteiger partial charge in [-0.05, 0) is 55.0 Å². The second kappa shape index (κ2) is 8.63. The number of amides is 1. The maximum absolute atomic E-state index is 13.8. The summed E-state index contributed by atoms with van der Waals surface area (Å²) in [5.41, 5.74) is 1.37. The molecule has 1 aliphatic heterocycles. The van der Waals surface area contributed by atoms with Crippen molar-refractivity contribution in [2.45, 2.75) is 13.0 Å². The van der Waals surface area contributed by atoms with E-state index in [9.17, 15) is 9.59 Å². The quantitative estimate of drug-likeness (QED) is 0.390. The third-order valence-electron chi connectivity index (χ3n) is 5.96. The third kappa shape index (κ3) is 3.57. The van der Waals surface area contributed by atoms with Crippen LogP contribution in [-0.2, 0) is 0 Å². The number of carbonyl (C=O) groups is 1. The number of aryl methyl sites for hydroxylation is 1. The number of rotatable bonds is 5. The van der Waals surface area contributed by atoms with Gasteiger partial charge in [0.2, 0.25) is 11.5 Å². The molecular formula is C26H21ClN2O6. The van der Waals surface area contributed by atoms with Crippen molar-refractivity contribution < 1.29 is 23.4 Å². The van der Waals surface area contributed by atoms with Crippen LogP contribution in [0.5, 0.6) is 17.2 Å². The van der Waals surface area contributed by atoms with Crippen LogP contribution in [0.1, 0.15) is 33.4 Å². The summed E-state index contributed by atoms with van der Waals surface area (Å²) in [6, 6.07) is 12.6. The molecule has 5 rings (SSSR count). The number of nitrogens with zero attached hydrogens (tertiary/aromatic N) is 2. The fourth-order valence-electron chi connectivity index (χ4n) is 4.42. The van der Waals surface area contributed by atoms with Crippen LogP contribution in [0.4, 0.5) is 5.82 Å². The topological polar surface area (TPSA) is 91.1 Å². The predicted octanol–water partition coefficient (Wildman–Crippen LogP) is 4.93. The molecule has 2 aromatic carbocycles. The first-order valence-electron chi connectivity index (χ1n) is 10.7. The Labute approximate surface area is 205 Å².